The minimum Gasteiger partial charge on any atom is -0.355 e. The normalized spacial score (nSPS) is 15.5. The van der Waals surface area contributed by atoms with Gasteiger partial charge in [0, 0.05) is 37.8 Å². The Kier molecular flexibility index (Phi) is 7.73. The van der Waals surface area contributed by atoms with Crippen LogP contribution in [0.4, 0.5) is 19.0 Å². The van der Waals surface area contributed by atoms with Crippen molar-refractivity contribution in [1.82, 2.24) is 15.2 Å². The Hall–Kier alpha value is -2.03. The van der Waals surface area contributed by atoms with Crippen LogP contribution in [0.25, 0.3) is 0 Å². The molecule has 6 nitrogen and oxygen atoms in total. The van der Waals surface area contributed by atoms with Crippen molar-refractivity contribution < 1.29 is 22.8 Å². The average Bonchev–Trinajstić information content (AvgIpc) is 2.64. The zero-order chi connectivity index (χ0) is 21.8. The van der Waals surface area contributed by atoms with Crippen molar-refractivity contribution in [3.05, 3.63) is 22.8 Å². The van der Waals surface area contributed by atoms with E-state index in [-0.39, 0.29) is 41.2 Å². The summed E-state index contributed by atoms with van der Waals surface area (Å²) in [4.78, 5) is 31.9. The predicted octanol–water partition coefficient (Wildman–Crippen LogP) is 3.34. The van der Waals surface area contributed by atoms with Crippen molar-refractivity contribution in [2.75, 3.05) is 31.1 Å². The van der Waals surface area contributed by atoms with Gasteiger partial charge in [-0.2, -0.15) is 13.2 Å². The van der Waals surface area contributed by atoms with Crippen molar-refractivity contribution in [2.24, 2.45) is 5.92 Å². The lowest BCUT2D eigenvalue weighted by Gasteiger charge is -2.35. The van der Waals surface area contributed by atoms with Crippen molar-refractivity contribution >= 4 is 29.2 Å². The first kappa shape index (κ1) is 23.3. The minimum atomic E-state index is -4.50. The monoisotopic (exact) mass is 434 g/mol. The first-order chi connectivity index (χ1) is 13.5. The molecule has 2 rings (SSSR count). The second kappa shape index (κ2) is 9.65. The fraction of sp³-hybridized carbons (Fsp3) is 0.632. The second-order valence-electron chi connectivity index (χ2n) is 7.36. The first-order valence-corrected chi connectivity index (χ1v) is 9.96. The number of anilines is 1. The zero-order valence-corrected chi connectivity index (χ0v) is 17.5. The number of aromatic nitrogens is 1. The molecule has 0 bridgehead atoms. The molecule has 162 valence electrons. The Morgan fingerprint density at radius 2 is 1.97 bits per heavy atom. The first-order valence-electron chi connectivity index (χ1n) is 9.58. The molecule has 0 atom stereocenters. The van der Waals surface area contributed by atoms with Gasteiger partial charge in [-0.15, -0.1) is 0 Å². The third-order valence-electron chi connectivity index (χ3n) is 4.77. The van der Waals surface area contributed by atoms with Gasteiger partial charge in [0.05, 0.1) is 17.1 Å². The van der Waals surface area contributed by atoms with Crippen LogP contribution in [0.1, 0.15) is 39.2 Å². The van der Waals surface area contributed by atoms with Gasteiger partial charge < -0.3 is 15.1 Å². The number of likely N-dealkylation sites (N-methyl/N-ethyl adjacent to an activating group) is 1. The molecular weight excluding hydrogens is 409 g/mol. The Balaban J connectivity index is 1.97. The summed E-state index contributed by atoms with van der Waals surface area (Å²) in [7, 11) is 0. The molecule has 0 aromatic carbocycles. The third-order valence-corrected chi connectivity index (χ3v) is 5.05. The molecule has 2 amide bonds. The number of pyridine rings is 1. The van der Waals surface area contributed by atoms with Gasteiger partial charge in [-0.1, -0.05) is 11.6 Å². The lowest BCUT2D eigenvalue weighted by Crippen LogP contribution is -2.47. The summed E-state index contributed by atoms with van der Waals surface area (Å²) in [6.45, 7) is 6.87. The number of rotatable bonds is 6. The molecule has 0 spiro atoms. The van der Waals surface area contributed by atoms with Crippen molar-refractivity contribution in [3.8, 4) is 0 Å². The molecular formula is C19H26ClF3N4O2. The molecule has 1 saturated heterocycles. The largest absolute Gasteiger partial charge is 0.417 e. The Morgan fingerprint density at radius 1 is 1.34 bits per heavy atom. The van der Waals surface area contributed by atoms with Gasteiger partial charge in [0.25, 0.3) is 0 Å². The smallest absolute Gasteiger partial charge is 0.355 e. The van der Waals surface area contributed by atoms with Crippen molar-refractivity contribution in [2.45, 2.75) is 45.8 Å². The number of carbonyl (C=O) groups excluding carboxylic acids is 2. The van der Waals surface area contributed by atoms with E-state index in [2.05, 4.69) is 10.3 Å². The zero-order valence-electron chi connectivity index (χ0n) is 16.7. The summed E-state index contributed by atoms with van der Waals surface area (Å²) in [6, 6.07) is 0.869. The number of alkyl halides is 3. The Bertz CT molecular complexity index is 735. The van der Waals surface area contributed by atoms with E-state index in [0.29, 0.717) is 32.5 Å². The minimum absolute atomic E-state index is 0.000490. The fourth-order valence-electron chi connectivity index (χ4n) is 3.30. The molecule has 1 aromatic heterocycles. The van der Waals surface area contributed by atoms with E-state index in [4.69, 9.17) is 11.6 Å². The molecule has 0 radical (unpaired) electrons. The number of hydrogen-bond donors (Lipinski definition) is 1. The SMILES string of the molecule is CCN(CC(=O)NC(C)C)C(=O)C1CCN(c2ncc(C(F)(F)F)cc2Cl)CC1. The van der Waals surface area contributed by atoms with Crippen molar-refractivity contribution in [3.63, 3.8) is 0 Å². The summed E-state index contributed by atoms with van der Waals surface area (Å²) in [6.07, 6.45) is -2.70. The molecule has 1 fully saturated rings. The van der Waals surface area contributed by atoms with E-state index in [9.17, 15) is 22.8 Å². The highest BCUT2D eigenvalue weighted by atomic mass is 35.5. The number of hydrogen-bond acceptors (Lipinski definition) is 4. The van der Waals surface area contributed by atoms with E-state index >= 15 is 0 Å². The number of nitrogens with one attached hydrogen (secondary N) is 1. The average molecular weight is 435 g/mol. The number of piperidine rings is 1. The van der Waals surface area contributed by atoms with Gasteiger partial charge in [-0.3, -0.25) is 9.59 Å². The number of amides is 2. The summed E-state index contributed by atoms with van der Waals surface area (Å²) in [5, 5.41) is 2.71. The lowest BCUT2D eigenvalue weighted by atomic mass is 9.95. The Morgan fingerprint density at radius 3 is 2.45 bits per heavy atom. The highest BCUT2D eigenvalue weighted by Crippen LogP contribution is 2.34. The second-order valence-corrected chi connectivity index (χ2v) is 7.77. The van der Waals surface area contributed by atoms with Gasteiger partial charge >= 0.3 is 6.18 Å². The van der Waals surface area contributed by atoms with Crippen LogP contribution in [0, 0.1) is 5.92 Å². The summed E-state index contributed by atoms with van der Waals surface area (Å²) in [5.74, 6) is -0.244. The quantitative estimate of drug-likeness (QED) is 0.745. The molecule has 0 aliphatic carbocycles. The maximum atomic E-state index is 12.8. The molecule has 1 aliphatic rings. The fourth-order valence-corrected chi connectivity index (χ4v) is 3.59. The van der Waals surface area contributed by atoms with Gasteiger partial charge in [0.15, 0.2) is 0 Å². The standard InChI is InChI=1S/C19H26ClF3N4O2/c1-4-26(11-16(28)25-12(2)3)18(29)13-5-7-27(8-6-13)17-15(20)9-14(10-24-17)19(21,22)23/h9-10,12-13H,4-8,11H2,1-3H3,(H,25,28). The summed E-state index contributed by atoms with van der Waals surface area (Å²) < 4.78 is 38.3. The predicted molar refractivity (Wildman–Crippen MR) is 105 cm³/mol. The topological polar surface area (TPSA) is 65.5 Å². The van der Waals surface area contributed by atoms with E-state index in [1.54, 1.807) is 4.90 Å². The van der Waals surface area contributed by atoms with Crippen LogP contribution < -0.4 is 10.2 Å². The molecule has 29 heavy (non-hydrogen) atoms. The molecule has 0 unspecified atom stereocenters. The van der Waals surface area contributed by atoms with Crippen LogP contribution in [0.2, 0.25) is 5.02 Å². The molecule has 10 heteroatoms. The van der Waals surface area contributed by atoms with Crippen LogP contribution in [0.5, 0.6) is 0 Å². The third kappa shape index (κ3) is 6.22. The van der Waals surface area contributed by atoms with Gasteiger partial charge in [0.1, 0.15) is 5.82 Å². The number of nitrogens with zero attached hydrogens (tertiary/aromatic N) is 3. The molecule has 0 saturated carbocycles. The van der Waals surface area contributed by atoms with Crippen LogP contribution in [-0.4, -0.2) is 53.9 Å². The van der Waals surface area contributed by atoms with Crippen LogP contribution >= 0.6 is 11.6 Å². The number of halogens is 4. The molecule has 1 aromatic rings. The number of carbonyl (C=O) groups is 2. The molecule has 1 aliphatic heterocycles. The maximum Gasteiger partial charge on any atom is 0.417 e. The van der Waals surface area contributed by atoms with E-state index < -0.39 is 11.7 Å². The van der Waals surface area contributed by atoms with Crippen LogP contribution in [-0.2, 0) is 15.8 Å². The summed E-state index contributed by atoms with van der Waals surface area (Å²) >= 11 is 6.02. The van der Waals surface area contributed by atoms with Gasteiger partial charge in [-0.25, -0.2) is 4.98 Å². The lowest BCUT2D eigenvalue weighted by molar-refractivity contribution is -0.140. The van der Waals surface area contributed by atoms with E-state index in [1.807, 2.05) is 20.8 Å². The van der Waals surface area contributed by atoms with Crippen LogP contribution in [0.15, 0.2) is 12.3 Å². The van der Waals surface area contributed by atoms with E-state index in [1.165, 1.54) is 4.90 Å². The Labute approximate surface area is 173 Å². The molecule has 1 N–H and O–H groups in total. The maximum absolute atomic E-state index is 12.8. The highest BCUT2D eigenvalue weighted by Gasteiger charge is 2.33. The van der Waals surface area contributed by atoms with Crippen LogP contribution in [0.3, 0.4) is 0 Å². The van der Waals surface area contributed by atoms with Gasteiger partial charge in [-0.05, 0) is 39.7 Å². The van der Waals surface area contributed by atoms with E-state index in [0.717, 1.165) is 12.3 Å². The highest BCUT2D eigenvalue weighted by molar-refractivity contribution is 6.33. The summed E-state index contributed by atoms with van der Waals surface area (Å²) in [5.41, 5.74) is -0.894. The van der Waals surface area contributed by atoms with Crippen molar-refractivity contribution in [1.29, 1.82) is 0 Å². The van der Waals surface area contributed by atoms with Gasteiger partial charge in [0.2, 0.25) is 11.8 Å². The molecule has 2 heterocycles.